The Morgan fingerprint density at radius 2 is 1.68 bits per heavy atom. The molecule has 0 spiro atoms. The van der Waals surface area contributed by atoms with Crippen molar-refractivity contribution in [3.05, 3.63) is 90.1 Å². The summed E-state index contributed by atoms with van der Waals surface area (Å²) in [5.41, 5.74) is 2.26. The van der Waals surface area contributed by atoms with E-state index in [9.17, 15) is 14.9 Å². The second-order valence-electron chi connectivity index (χ2n) is 6.96. The summed E-state index contributed by atoms with van der Waals surface area (Å²) in [6.45, 7) is 0.273. The summed E-state index contributed by atoms with van der Waals surface area (Å²) >= 11 is 4.28. The van der Waals surface area contributed by atoms with Crippen molar-refractivity contribution in [1.82, 2.24) is 0 Å². The number of carbonyl (C=O) groups is 2. The molecule has 3 rings (SSSR count). The summed E-state index contributed by atoms with van der Waals surface area (Å²) < 4.78 is 12.7. The van der Waals surface area contributed by atoms with Gasteiger partial charge in [-0.15, -0.1) is 0 Å². The van der Waals surface area contributed by atoms with E-state index >= 15 is 0 Å². The van der Waals surface area contributed by atoms with Crippen LogP contribution in [0.5, 0.6) is 11.5 Å². The maximum atomic E-state index is 12.6. The molecular formula is C25H18I2N2O5. The fourth-order valence-electron chi connectivity index (χ4n) is 2.89. The Hall–Kier alpha value is -3.11. The highest BCUT2D eigenvalue weighted by molar-refractivity contribution is 14.1. The van der Waals surface area contributed by atoms with Crippen LogP contribution in [-0.2, 0) is 11.4 Å². The minimum Gasteiger partial charge on any atom is -0.497 e. The summed E-state index contributed by atoms with van der Waals surface area (Å²) in [6.07, 6.45) is 1.53. The molecule has 0 radical (unpaired) electrons. The smallest absolute Gasteiger partial charge is 0.335 e. The largest absolute Gasteiger partial charge is 0.497 e. The van der Waals surface area contributed by atoms with Gasteiger partial charge in [-0.1, -0.05) is 12.1 Å². The van der Waals surface area contributed by atoms with Crippen LogP contribution in [0, 0.1) is 18.5 Å². The van der Waals surface area contributed by atoms with Gasteiger partial charge in [-0.25, -0.2) is 4.79 Å². The monoisotopic (exact) mass is 680 g/mol. The molecule has 0 saturated heterocycles. The zero-order chi connectivity index (χ0) is 24.7. The van der Waals surface area contributed by atoms with Gasteiger partial charge >= 0.3 is 5.97 Å². The molecule has 0 atom stereocenters. The first kappa shape index (κ1) is 25.5. The third-order valence-electron chi connectivity index (χ3n) is 4.63. The number of carbonyl (C=O) groups excluding carboxylic acids is 1. The molecule has 0 fully saturated rings. The van der Waals surface area contributed by atoms with Crippen LogP contribution in [0.3, 0.4) is 0 Å². The van der Waals surface area contributed by atoms with Crippen LogP contribution in [0.1, 0.15) is 21.5 Å². The Morgan fingerprint density at radius 1 is 1.06 bits per heavy atom. The molecule has 3 aromatic carbocycles. The quantitative estimate of drug-likeness (QED) is 0.179. The van der Waals surface area contributed by atoms with Crippen molar-refractivity contribution >= 4 is 68.8 Å². The summed E-state index contributed by atoms with van der Waals surface area (Å²) in [7, 11) is 1.56. The van der Waals surface area contributed by atoms with Gasteiger partial charge in [-0.2, -0.15) is 5.26 Å². The third-order valence-corrected chi connectivity index (χ3v) is 6.23. The van der Waals surface area contributed by atoms with E-state index in [1.165, 1.54) is 18.2 Å². The lowest BCUT2D eigenvalue weighted by atomic mass is 10.1. The van der Waals surface area contributed by atoms with Crippen molar-refractivity contribution in [2.45, 2.75) is 6.61 Å². The zero-order valence-corrected chi connectivity index (χ0v) is 22.2. The number of ether oxygens (including phenoxy) is 2. The topological polar surface area (TPSA) is 109 Å². The third kappa shape index (κ3) is 6.71. The summed E-state index contributed by atoms with van der Waals surface area (Å²) in [4.78, 5) is 23.5. The van der Waals surface area contributed by atoms with Gasteiger partial charge in [0.25, 0.3) is 5.91 Å². The standard InChI is InChI=1S/C25H18I2N2O5/c1-33-20-8-6-19(7-9-20)29-24(30)18(13-28)10-16-11-21(26)23(22(27)12-16)34-14-15-2-4-17(5-3-15)25(31)32/h2-12H,14H2,1H3,(H,29,30)(H,31,32)/b18-10-. The van der Waals surface area contributed by atoms with Gasteiger partial charge in [0, 0.05) is 5.69 Å². The normalized spacial score (nSPS) is 10.8. The number of nitrogens with zero attached hydrogens (tertiary/aromatic N) is 1. The zero-order valence-electron chi connectivity index (χ0n) is 17.8. The minimum atomic E-state index is -0.977. The fourth-order valence-corrected chi connectivity index (χ4v) is 5.02. The predicted molar refractivity (Wildman–Crippen MR) is 145 cm³/mol. The average Bonchev–Trinajstić information content (AvgIpc) is 2.82. The van der Waals surface area contributed by atoms with Crippen LogP contribution in [0.15, 0.2) is 66.2 Å². The minimum absolute atomic E-state index is 0.0328. The predicted octanol–water partition coefficient (Wildman–Crippen LogP) is 5.73. The lowest BCUT2D eigenvalue weighted by Crippen LogP contribution is -2.13. The fraction of sp³-hybridized carbons (Fsp3) is 0.0800. The molecule has 3 aromatic rings. The molecule has 0 unspecified atom stereocenters. The Balaban J connectivity index is 1.73. The van der Waals surface area contributed by atoms with Crippen molar-refractivity contribution < 1.29 is 24.2 Å². The molecule has 7 nitrogen and oxygen atoms in total. The summed E-state index contributed by atoms with van der Waals surface area (Å²) in [5, 5.41) is 21.2. The Kier molecular flexibility index (Phi) is 8.89. The molecule has 0 aromatic heterocycles. The van der Waals surface area contributed by atoms with Crippen LogP contribution in [0.25, 0.3) is 6.08 Å². The van der Waals surface area contributed by atoms with Crippen LogP contribution in [-0.4, -0.2) is 24.1 Å². The SMILES string of the molecule is COc1ccc(NC(=O)/C(C#N)=C\c2cc(I)c(OCc3ccc(C(=O)O)cc3)c(I)c2)cc1. The van der Waals surface area contributed by atoms with E-state index in [4.69, 9.17) is 14.6 Å². The highest BCUT2D eigenvalue weighted by Crippen LogP contribution is 2.30. The first-order valence-electron chi connectivity index (χ1n) is 9.82. The number of benzene rings is 3. The second-order valence-corrected chi connectivity index (χ2v) is 9.28. The highest BCUT2D eigenvalue weighted by Gasteiger charge is 2.13. The number of carboxylic acids is 1. The maximum absolute atomic E-state index is 12.6. The number of nitriles is 1. The molecule has 0 aliphatic heterocycles. The van der Waals surface area contributed by atoms with Crippen LogP contribution in [0.2, 0.25) is 0 Å². The van der Waals surface area contributed by atoms with E-state index in [2.05, 4.69) is 50.5 Å². The van der Waals surface area contributed by atoms with Crippen LogP contribution >= 0.6 is 45.2 Å². The summed E-state index contributed by atoms with van der Waals surface area (Å²) in [5.74, 6) is -0.155. The van der Waals surface area contributed by atoms with E-state index in [-0.39, 0.29) is 17.7 Å². The Bertz CT molecular complexity index is 1260. The molecular weight excluding hydrogens is 662 g/mol. The van der Waals surface area contributed by atoms with E-state index < -0.39 is 11.9 Å². The number of amides is 1. The number of anilines is 1. The molecule has 2 N–H and O–H groups in total. The van der Waals surface area contributed by atoms with Crippen molar-refractivity contribution in [3.8, 4) is 17.6 Å². The Morgan fingerprint density at radius 3 is 2.21 bits per heavy atom. The first-order chi connectivity index (χ1) is 16.3. The molecule has 0 saturated carbocycles. The lowest BCUT2D eigenvalue weighted by molar-refractivity contribution is -0.112. The van der Waals surface area contributed by atoms with Gasteiger partial charge < -0.3 is 19.9 Å². The van der Waals surface area contributed by atoms with Crippen molar-refractivity contribution in [2.24, 2.45) is 0 Å². The number of methoxy groups -OCH3 is 1. The summed E-state index contributed by atoms with van der Waals surface area (Å²) in [6, 6.07) is 18.9. The van der Waals surface area contributed by atoms with Crippen molar-refractivity contribution in [1.29, 1.82) is 5.26 Å². The van der Waals surface area contributed by atoms with Gasteiger partial charge in [0.2, 0.25) is 0 Å². The lowest BCUT2D eigenvalue weighted by Gasteiger charge is -2.12. The van der Waals surface area contributed by atoms with Gasteiger partial charge in [0.1, 0.15) is 29.7 Å². The van der Waals surface area contributed by atoms with Crippen LogP contribution < -0.4 is 14.8 Å². The molecule has 1 amide bonds. The van der Waals surface area contributed by atoms with Crippen molar-refractivity contribution in [3.63, 3.8) is 0 Å². The highest BCUT2D eigenvalue weighted by atomic mass is 127. The molecule has 0 heterocycles. The van der Waals surface area contributed by atoms with E-state index in [1.807, 2.05) is 18.2 Å². The van der Waals surface area contributed by atoms with Gasteiger partial charge in [0.05, 0.1) is 19.8 Å². The number of nitrogens with one attached hydrogen (secondary N) is 1. The molecule has 9 heteroatoms. The van der Waals surface area contributed by atoms with Crippen molar-refractivity contribution in [2.75, 3.05) is 12.4 Å². The number of hydrogen-bond donors (Lipinski definition) is 2. The number of aromatic carboxylic acids is 1. The second kappa shape index (κ2) is 11.8. The molecule has 172 valence electrons. The van der Waals surface area contributed by atoms with E-state index in [0.717, 1.165) is 12.7 Å². The first-order valence-corrected chi connectivity index (χ1v) is 12.0. The van der Waals surface area contributed by atoms with Gasteiger partial charge in [0.15, 0.2) is 0 Å². The van der Waals surface area contributed by atoms with Gasteiger partial charge in [-0.3, -0.25) is 4.79 Å². The maximum Gasteiger partial charge on any atom is 0.335 e. The number of carboxylic acid groups (broad SMARTS) is 1. The van der Waals surface area contributed by atoms with Gasteiger partial charge in [-0.05, 0) is 111 Å². The number of rotatable bonds is 8. The molecule has 0 aliphatic carbocycles. The van der Waals surface area contributed by atoms with Crippen LogP contribution in [0.4, 0.5) is 5.69 Å². The average molecular weight is 680 g/mol. The Labute approximate surface area is 223 Å². The molecule has 0 bridgehead atoms. The molecule has 34 heavy (non-hydrogen) atoms. The molecule has 0 aliphatic rings. The van der Waals surface area contributed by atoms with E-state index in [1.54, 1.807) is 43.5 Å². The number of halogens is 2. The number of hydrogen-bond acceptors (Lipinski definition) is 5. The van der Waals surface area contributed by atoms with E-state index in [0.29, 0.717) is 22.7 Å².